The van der Waals surface area contributed by atoms with Gasteiger partial charge in [-0.25, -0.2) is 0 Å². The largest absolute Gasteiger partial charge is 0.504 e. The van der Waals surface area contributed by atoms with Crippen LogP contribution in [0.15, 0.2) is 36.7 Å². The second-order valence-electron chi connectivity index (χ2n) is 6.04. The summed E-state index contributed by atoms with van der Waals surface area (Å²) >= 11 is 0. The number of hydrogen-bond acceptors (Lipinski definition) is 6. The summed E-state index contributed by atoms with van der Waals surface area (Å²) in [6, 6.07) is 5.53. The molecule has 0 aliphatic carbocycles. The SMILES string of the molecule is O=C(c1ccncc1)N1CCCN(C(=O)c2cc(O)c(O)c(O)c2)CC1. The molecule has 26 heavy (non-hydrogen) atoms. The van der Waals surface area contributed by atoms with Crippen LogP contribution in [-0.4, -0.2) is 68.1 Å². The molecule has 1 fully saturated rings. The molecule has 2 heterocycles. The molecular formula is C18H19N3O5. The average Bonchev–Trinajstić information content (AvgIpc) is 2.91. The van der Waals surface area contributed by atoms with Gasteiger partial charge in [0.1, 0.15) is 0 Å². The molecule has 0 spiro atoms. The summed E-state index contributed by atoms with van der Waals surface area (Å²) in [6.45, 7) is 1.68. The van der Waals surface area contributed by atoms with E-state index >= 15 is 0 Å². The number of nitrogens with zero attached hydrogens (tertiary/aromatic N) is 3. The van der Waals surface area contributed by atoms with Gasteiger partial charge in [-0.1, -0.05) is 0 Å². The zero-order valence-corrected chi connectivity index (χ0v) is 14.0. The highest BCUT2D eigenvalue weighted by atomic mass is 16.3. The molecule has 2 amide bonds. The minimum Gasteiger partial charge on any atom is -0.504 e. The van der Waals surface area contributed by atoms with Crippen molar-refractivity contribution in [3.8, 4) is 17.2 Å². The van der Waals surface area contributed by atoms with Gasteiger partial charge < -0.3 is 25.1 Å². The van der Waals surface area contributed by atoms with Gasteiger partial charge in [-0.15, -0.1) is 0 Å². The van der Waals surface area contributed by atoms with Crippen molar-refractivity contribution >= 4 is 11.8 Å². The number of amides is 2. The van der Waals surface area contributed by atoms with Gasteiger partial charge >= 0.3 is 0 Å². The lowest BCUT2D eigenvalue weighted by Gasteiger charge is -2.22. The number of aromatic hydroxyl groups is 3. The molecule has 1 aliphatic heterocycles. The molecule has 0 radical (unpaired) electrons. The van der Waals surface area contributed by atoms with Crippen molar-refractivity contribution in [1.29, 1.82) is 0 Å². The van der Waals surface area contributed by atoms with Crippen LogP contribution in [-0.2, 0) is 0 Å². The van der Waals surface area contributed by atoms with Crippen molar-refractivity contribution in [3.63, 3.8) is 0 Å². The van der Waals surface area contributed by atoms with Crippen LogP contribution in [0.2, 0.25) is 0 Å². The molecular weight excluding hydrogens is 338 g/mol. The van der Waals surface area contributed by atoms with Crippen molar-refractivity contribution in [2.45, 2.75) is 6.42 Å². The topological polar surface area (TPSA) is 114 Å². The number of aromatic nitrogens is 1. The van der Waals surface area contributed by atoms with Gasteiger partial charge in [-0.2, -0.15) is 0 Å². The van der Waals surface area contributed by atoms with E-state index in [9.17, 15) is 24.9 Å². The van der Waals surface area contributed by atoms with Crippen molar-refractivity contribution in [1.82, 2.24) is 14.8 Å². The number of rotatable bonds is 2. The van der Waals surface area contributed by atoms with Crippen LogP contribution >= 0.6 is 0 Å². The van der Waals surface area contributed by atoms with Crippen LogP contribution in [0.1, 0.15) is 27.1 Å². The summed E-state index contributed by atoms with van der Waals surface area (Å²) in [5, 5.41) is 28.6. The summed E-state index contributed by atoms with van der Waals surface area (Å²) in [4.78, 5) is 32.3. The average molecular weight is 357 g/mol. The van der Waals surface area contributed by atoms with Gasteiger partial charge in [-0.05, 0) is 30.7 Å². The standard InChI is InChI=1S/C18H19N3O5/c22-14-10-13(11-15(23)16(14)24)18(26)21-7-1-6-20(8-9-21)17(25)12-2-4-19-5-3-12/h2-5,10-11,22-24H,1,6-9H2. The van der Waals surface area contributed by atoms with E-state index in [0.717, 1.165) is 12.1 Å². The van der Waals surface area contributed by atoms with Gasteiger partial charge in [0.2, 0.25) is 0 Å². The van der Waals surface area contributed by atoms with E-state index in [1.165, 1.54) is 0 Å². The number of benzene rings is 1. The maximum absolute atomic E-state index is 12.6. The predicted octanol–water partition coefficient (Wildman–Crippen LogP) is 1.19. The number of phenols is 3. The number of carbonyl (C=O) groups is 2. The van der Waals surface area contributed by atoms with Gasteiger partial charge in [0.05, 0.1) is 0 Å². The maximum Gasteiger partial charge on any atom is 0.254 e. The zero-order valence-electron chi connectivity index (χ0n) is 14.0. The van der Waals surface area contributed by atoms with E-state index in [1.807, 2.05) is 0 Å². The first-order chi connectivity index (χ1) is 12.5. The molecule has 0 bridgehead atoms. The Hall–Kier alpha value is -3.29. The molecule has 8 heteroatoms. The zero-order chi connectivity index (χ0) is 18.7. The Balaban J connectivity index is 1.70. The van der Waals surface area contributed by atoms with Gasteiger partial charge in [-0.3, -0.25) is 14.6 Å². The van der Waals surface area contributed by atoms with Crippen LogP contribution in [0, 0.1) is 0 Å². The van der Waals surface area contributed by atoms with E-state index in [4.69, 9.17) is 0 Å². The first-order valence-corrected chi connectivity index (χ1v) is 8.21. The van der Waals surface area contributed by atoms with E-state index in [2.05, 4.69) is 4.98 Å². The summed E-state index contributed by atoms with van der Waals surface area (Å²) in [5.41, 5.74) is 0.625. The minimum atomic E-state index is -0.661. The highest BCUT2D eigenvalue weighted by molar-refractivity contribution is 5.96. The van der Waals surface area contributed by atoms with Crippen molar-refractivity contribution in [3.05, 3.63) is 47.8 Å². The molecule has 2 aromatic rings. The smallest absolute Gasteiger partial charge is 0.254 e. The van der Waals surface area contributed by atoms with Gasteiger partial charge in [0.25, 0.3) is 11.8 Å². The Morgan fingerprint density at radius 3 is 1.85 bits per heavy atom. The summed E-state index contributed by atoms with van der Waals surface area (Å²) in [6.07, 6.45) is 3.73. The molecule has 1 aliphatic rings. The highest BCUT2D eigenvalue weighted by Crippen LogP contribution is 2.35. The summed E-state index contributed by atoms with van der Waals surface area (Å²) < 4.78 is 0. The lowest BCUT2D eigenvalue weighted by Crippen LogP contribution is -2.37. The molecule has 136 valence electrons. The Bertz CT molecular complexity index is 802. The fourth-order valence-corrected chi connectivity index (χ4v) is 2.91. The second kappa shape index (κ2) is 7.30. The Morgan fingerprint density at radius 1 is 0.808 bits per heavy atom. The fourth-order valence-electron chi connectivity index (χ4n) is 2.91. The quantitative estimate of drug-likeness (QED) is 0.696. The molecule has 0 saturated carbocycles. The van der Waals surface area contributed by atoms with Crippen molar-refractivity contribution in [2.75, 3.05) is 26.2 Å². The van der Waals surface area contributed by atoms with Crippen LogP contribution < -0.4 is 0 Å². The predicted molar refractivity (Wildman–Crippen MR) is 92.1 cm³/mol. The number of carbonyl (C=O) groups excluding carboxylic acids is 2. The van der Waals surface area contributed by atoms with Gasteiger partial charge in [0.15, 0.2) is 17.2 Å². The monoisotopic (exact) mass is 357 g/mol. The van der Waals surface area contributed by atoms with E-state index in [0.29, 0.717) is 38.2 Å². The normalized spacial score (nSPS) is 14.8. The lowest BCUT2D eigenvalue weighted by molar-refractivity contribution is 0.0718. The van der Waals surface area contributed by atoms with Gasteiger partial charge in [0, 0.05) is 49.7 Å². The molecule has 0 unspecified atom stereocenters. The summed E-state index contributed by atoms with van der Waals surface area (Å²) in [7, 11) is 0. The molecule has 0 atom stereocenters. The van der Waals surface area contributed by atoms with Crippen LogP contribution in [0.4, 0.5) is 0 Å². The van der Waals surface area contributed by atoms with Crippen LogP contribution in [0.3, 0.4) is 0 Å². The number of pyridine rings is 1. The third kappa shape index (κ3) is 3.53. The second-order valence-corrected chi connectivity index (χ2v) is 6.04. The van der Waals surface area contributed by atoms with E-state index in [-0.39, 0.29) is 17.4 Å². The minimum absolute atomic E-state index is 0.0757. The maximum atomic E-state index is 12.6. The molecule has 1 saturated heterocycles. The molecule has 3 N–H and O–H groups in total. The van der Waals surface area contributed by atoms with Crippen molar-refractivity contribution in [2.24, 2.45) is 0 Å². The van der Waals surface area contributed by atoms with E-state index in [1.54, 1.807) is 34.3 Å². The van der Waals surface area contributed by atoms with Crippen LogP contribution in [0.25, 0.3) is 0 Å². The lowest BCUT2D eigenvalue weighted by atomic mass is 10.1. The summed E-state index contributed by atoms with van der Waals surface area (Å²) in [5.74, 6) is -2.27. The molecule has 8 nitrogen and oxygen atoms in total. The molecule has 3 rings (SSSR count). The number of hydrogen-bond donors (Lipinski definition) is 3. The Morgan fingerprint density at radius 2 is 1.31 bits per heavy atom. The fraction of sp³-hybridized carbons (Fsp3) is 0.278. The molecule has 1 aromatic heterocycles. The Labute approximate surface area is 149 Å². The van der Waals surface area contributed by atoms with Crippen molar-refractivity contribution < 1.29 is 24.9 Å². The third-order valence-electron chi connectivity index (χ3n) is 4.31. The highest BCUT2D eigenvalue weighted by Gasteiger charge is 2.24. The molecule has 1 aromatic carbocycles. The third-order valence-corrected chi connectivity index (χ3v) is 4.31. The first-order valence-electron chi connectivity index (χ1n) is 8.21. The Kier molecular flexibility index (Phi) is 4.92. The van der Waals surface area contributed by atoms with Crippen LogP contribution in [0.5, 0.6) is 17.2 Å². The number of phenolic OH excluding ortho intramolecular Hbond substituents is 3. The first kappa shape index (κ1) is 17.5. The van der Waals surface area contributed by atoms with E-state index < -0.39 is 17.2 Å².